The highest BCUT2D eigenvalue weighted by Crippen LogP contribution is 2.14. The minimum atomic E-state index is 0. The van der Waals surface area contributed by atoms with Crippen molar-refractivity contribution in [3.63, 3.8) is 0 Å². The number of aliphatic imine (C=N–C) groups is 1. The lowest BCUT2D eigenvalue weighted by molar-refractivity contribution is 0.198. The lowest BCUT2D eigenvalue weighted by atomic mass is 10.0. The Morgan fingerprint density at radius 2 is 1.91 bits per heavy atom. The number of aryl methyl sites for hydroxylation is 1. The average Bonchev–Trinajstić information content (AvgIpc) is 3.48. The molecule has 3 aromatic rings. The van der Waals surface area contributed by atoms with Gasteiger partial charge in [-0.25, -0.2) is 0 Å². The molecule has 0 radical (unpaired) electrons. The van der Waals surface area contributed by atoms with Crippen LogP contribution in [0.4, 0.5) is 0 Å². The summed E-state index contributed by atoms with van der Waals surface area (Å²) in [5.74, 6) is 1.86. The first-order valence-electron chi connectivity index (χ1n) is 11.6. The van der Waals surface area contributed by atoms with Gasteiger partial charge in [-0.2, -0.15) is 5.10 Å². The molecule has 0 spiro atoms. The lowest BCUT2D eigenvalue weighted by Crippen LogP contribution is -2.49. The minimum absolute atomic E-state index is 0. The number of nitrogens with zero attached hydrogens (tertiary/aromatic N) is 4. The van der Waals surface area contributed by atoms with E-state index < -0.39 is 0 Å². The van der Waals surface area contributed by atoms with Crippen LogP contribution in [0.3, 0.4) is 0 Å². The Hall–Kier alpha value is -2.33. The standard InChI is InChI=1S/C25H34N6O.HI/c1-30-23(10-16-28-30)9-14-26-25(27-15-11-24-8-5-19-32-24)29-22-12-17-31(18-13-22)20-21-6-3-2-4-7-21;/h2-8,10,16,19,22H,9,11-15,17-18,20H2,1H3,(H2,26,27,29);1H. The fourth-order valence-electron chi connectivity index (χ4n) is 4.11. The van der Waals surface area contributed by atoms with Crippen LogP contribution in [0.15, 0.2) is 70.4 Å². The maximum atomic E-state index is 5.44. The van der Waals surface area contributed by atoms with Gasteiger partial charge in [0.2, 0.25) is 0 Å². The SMILES string of the molecule is Cn1nccc1CCNC(=NCCc1ccco1)NC1CCN(Cc2ccccc2)CC1.I. The molecular weight excluding hydrogens is 527 g/mol. The molecule has 2 N–H and O–H groups in total. The van der Waals surface area contributed by atoms with E-state index in [1.165, 1.54) is 11.3 Å². The third kappa shape index (κ3) is 8.19. The Bertz CT molecular complexity index is 948. The smallest absolute Gasteiger partial charge is 0.191 e. The van der Waals surface area contributed by atoms with E-state index in [0.29, 0.717) is 12.6 Å². The summed E-state index contributed by atoms with van der Waals surface area (Å²) in [4.78, 5) is 7.36. The predicted molar refractivity (Wildman–Crippen MR) is 143 cm³/mol. The fourth-order valence-corrected chi connectivity index (χ4v) is 4.11. The predicted octanol–water partition coefficient (Wildman–Crippen LogP) is 3.62. The Morgan fingerprint density at radius 1 is 1.09 bits per heavy atom. The van der Waals surface area contributed by atoms with E-state index in [4.69, 9.17) is 9.41 Å². The van der Waals surface area contributed by atoms with E-state index in [0.717, 1.165) is 63.6 Å². The van der Waals surface area contributed by atoms with Crippen molar-refractivity contribution in [3.05, 3.63) is 78.0 Å². The summed E-state index contributed by atoms with van der Waals surface area (Å²) in [6.45, 7) is 4.74. The summed E-state index contributed by atoms with van der Waals surface area (Å²) in [5, 5.41) is 11.4. The summed E-state index contributed by atoms with van der Waals surface area (Å²) < 4.78 is 7.37. The van der Waals surface area contributed by atoms with Crippen LogP contribution in [0.25, 0.3) is 0 Å². The highest BCUT2D eigenvalue weighted by molar-refractivity contribution is 14.0. The maximum absolute atomic E-state index is 5.44. The second-order valence-corrected chi connectivity index (χ2v) is 8.36. The highest BCUT2D eigenvalue weighted by atomic mass is 127. The van der Waals surface area contributed by atoms with Gasteiger partial charge in [0.1, 0.15) is 5.76 Å². The molecule has 3 heterocycles. The van der Waals surface area contributed by atoms with Gasteiger partial charge >= 0.3 is 0 Å². The van der Waals surface area contributed by atoms with Crippen LogP contribution < -0.4 is 10.6 Å². The van der Waals surface area contributed by atoms with E-state index in [1.807, 2.05) is 30.1 Å². The van der Waals surface area contributed by atoms with Gasteiger partial charge in [-0.05, 0) is 36.6 Å². The van der Waals surface area contributed by atoms with Crippen LogP contribution >= 0.6 is 24.0 Å². The number of rotatable bonds is 9. The fraction of sp³-hybridized carbons (Fsp3) is 0.440. The van der Waals surface area contributed by atoms with E-state index in [9.17, 15) is 0 Å². The Labute approximate surface area is 213 Å². The Balaban J connectivity index is 0.00000306. The van der Waals surface area contributed by atoms with Crippen LogP contribution in [0.2, 0.25) is 0 Å². The first-order chi connectivity index (χ1) is 15.8. The van der Waals surface area contributed by atoms with E-state index >= 15 is 0 Å². The zero-order chi connectivity index (χ0) is 22.0. The van der Waals surface area contributed by atoms with Crippen molar-refractivity contribution in [2.75, 3.05) is 26.2 Å². The molecule has 0 atom stereocenters. The van der Waals surface area contributed by atoms with Crippen LogP contribution in [0.5, 0.6) is 0 Å². The molecule has 0 unspecified atom stereocenters. The van der Waals surface area contributed by atoms with Crippen molar-refractivity contribution in [1.29, 1.82) is 0 Å². The van der Waals surface area contributed by atoms with Gasteiger partial charge in [0.25, 0.3) is 0 Å². The normalized spacial score (nSPS) is 15.2. The molecule has 33 heavy (non-hydrogen) atoms. The van der Waals surface area contributed by atoms with Gasteiger partial charge in [-0.15, -0.1) is 24.0 Å². The third-order valence-corrected chi connectivity index (χ3v) is 5.98. The maximum Gasteiger partial charge on any atom is 0.191 e. The summed E-state index contributed by atoms with van der Waals surface area (Å²) >= 11 is 0. The first kappa shape index (κ1) is 25.3. The molecule has 1 aliphatic heterocycles. The van der Waals surface area contributed by atoms with Crippen molar-refractivity contribution in [3.8, 4) is 0 Å². The number of piperidine rings is 1. The van der Waals surface area contributed by atoms with Crippen LogP contribution in [-0.2, 0) is 26.4 Å². The lowest BCUT2D eigenvalue weighted by Gasteiger charge is -2.33. The summed E-state index contributed by atoms with van der Waals surface area (Å²) in [6, 6.07) is 17.2. The van der Waals surface area contributed by atoms with Gasteiger partial charge in [-0.1, -0.05) is 30.3 Å². The van der Waals surface area contributed by atoms with E-state index in [2.05, 4.69) is 57.0 Å². The van der Waals surface area contributed by atoms with Crippen molar-refractivity contribution < 1.29 is 4.42 Å². The average molecular weight is 563 g/mol. The van der Waals surface area contributed by atoms with Gasteiger partial charge < -0.3 is 15.1 Å². The first-order valence-corrected chi connectivity index (χ1v) is 11.6. The third-order valence-electron chi connectivity index (χ3n) is 5.98. The molecule has 7 nitrogen and oxygen atoms in total. The molecule has 0 aliphatic carbocycles. The van der Waals surface area contributed by atoms with Crippen LogP contribution in [-0.4, -0.2) is 52.9 Å². The van der Waals surface area contributed by atoms with Gasteiger partial charge in [0.05, 0.1) is 6.26 Å². The molecule has 1 fully saturated rings. The number of guanidine groups is 1. The molecule has 1 aromatic carbocycles. The number of likely N-dealkylation sites (tertiary alicyclic amines) is 1. The van der Waals surface area contributed by atoms with E-state index in [-0.39, 0.29) is 24.0 Å². The van der Waals surface area contributed by atoms with Crippen molar-refractivity contribution >= 4 is 29.9 Å². The summed E-state index contributed by atoms with van der Waals surface area (Å²) in [6.07, 6.45) is 7.51. The van der Waals surface area contributed by atoms with Gasteiger partial charge in [0.15, 0.2) is 5.96 Å². The molecule has 0 saturated carbocycles. The topological polar surface area (TPSA) is 70.6 Å². The number of hydrogen-bond acceptors (Lipinski definition) is 4. The molecule has 1 aliphatic rings. The number of nitrogens with one attached hydrogen (secondary N) is 2. The Kier molecular flexibility index (Phi) is 10.3. The minimum Gasteiger partial charge on any atom is -0.469 e. The van der Waals surface area contributed by atoms with Gasteiger partial charge in [-0.3, -0.25) is 14.6 Å². The molecule has 178 valence electrons. The summed E-state index contributed by atoms with van der Waals surface area (Å²) in [5.41, 5.74) is 2.59. The molecule has 0 bridgehead atoms. The van der Waals surface area contributed by atoms with Crippen LogP contribution in [0, 0.1) is 0 Å². The zero-order valence-corrected chi connectivity index (χ0v) is 21.7. The molecule has 2 aromatic heterocycles. The quantitative estimate of drug-likeness (QED) is 0.237. The molecule has 1 saturated heterocycles. The molecule has 0 amide bonds. The molecule has 8 heteroatoms. The number of hydrogen-bond donors (Lipinski definition) is 2. The second kappa shape index (κ2) is 13.4. The molecular formula is C25H35IN6O. The largest absolute Gasteiger partial charge is 0.469 e. The molecule has 4 rings (SSSR count). The summed E-state index contributed by atoms with van der Waals surface area (Å²) in [7, 11) is 1.98. The number of aromatic nitrogens is 2. The highest BCUT2D eigenvalue weighted by Gasteiger charge is 2.20. The Morgan fingerprint density at radius 3 is 2.61 bits per heavy atom. The van der Waals surface area contributed by atoms with Crippen molar-refractivity contribution in [2.45, 2.75) is 38.3 Å². The van der Waals surface area contributed by atoms with Crippen molar-refractivity contribution in [2.24, 2.45) is 12.0 Å². The zero-order valence-electron chi connectivity index (χ0n) is 19.3. The van der Waals surface area contributed by atoms with Crippen LogP contribution in [0.1, 0.15) is 29.9 Å². The number of halogens is 1. The second-order valence-electron chi connectivity index (χ2n) is 8.36. The van der Waals surface area contributed by atoms with Crippen molar-refractivity contribution in [1.82, 2.24) is 25.3 Å². The number of furan rings is 1. The van der Waals surface area contributed by atoms with Gasteiger partial charge in [0, 0.05) is 70.5 Å². The van der Waals surface area contributed by atoms with E-state index in [1.54, 1.807) is 6.26 Å². The number of benzene rings is 1. The monoisotopic (exact) mass is 562 g/mol.